The summed E-state index contributed by atoms with van der Waals surface area (Å²) < 4.78 is 44.6. The van der Waals surface area contributed by atoms with E-state index in [4.69, 9.17) is 13.6 Å². The van der Waals surface area contributed by atoms with Crippen LogP contribution in [0.5, 0.6) is 0 Å². The first-order valence-electron chi connectivity index (χ1n) is 11.0. The molecule has 188 valence electrons. The number of benzene rings is 3. The fraction of sp³-hybridized carbons (Fsp3) is 0.240. The monoisotopic (exact) mass is 514 g/mol. The number of phosphoric acid groups is 1. The maximum Gasteiger partial charge on any atom is 0.475 e. The van der Waals surface area contributed by atoms with Gasteiger partial charge in [0.05, 0.1) is 18.2 Å². The molecule has 1 aliphatic heterocycles. The third kappa shape index (κ3) is 4.56. The summed E-state index contributed by atoms with van der Waals surface area (Å²) >= 11 is 0. The molecule has 0 unspecified atom stereocenters. The fourth-order valence-electron chi connectivity index (χ4n) is 4.54. The quantitative estimate of drug-likeness (QED) is 0.212. The largest absolute Gasteiger partial charge is 0.475 e. The summed E-state index contributed by atoms with van der Waals surface area (Å²) in [5.41, 5.74) is -1.37. The molecule has 36 heavy (non-hydrogen) atoms. The zero-order chi connectivity index (χ0) is 25.9. The third-order valence-corrected chi connectivity index (χ3v) is 7.54. The molecule has 9 nitrogen and oxygen atoms in total. The molecule has 0 N–H and O–H groups in total. The van der Waals surface area contributed by atoms with Crippen molar-refractivity contribution in [3.8, 4) is 0 Å². The number of anilines is 1. The number of nitrogens with zero attached hydrogens (tertiary/aromatic N) is 2. The SMILES string of the molecule is COP(=O)(OC)O[C@@]1([C@@H](C[N+](=O)[O-])c2ccccc2)C(=O)N(Cc2ccccc2)c2c(F)cccc21. The summed E-state index contributed by atoms with van der Waals surface area (Å²) in [6, 6.07) is 21.0. The molecular weight excluding hydrogens is 490 g/mol. The van der Waals surface area contributed by atoms with Gasteiger partial charge in [0.25, 0.3) is 5.91 Å². The van der Waals surface area contributed by atoms with Gasteiger partial charge in [-0.3, -0.25) is 28.5 Å². The van der Waals surface area contributed by atoms with Crippen LogP contribution in [0.15, 0.2) is 78.9 Å². The van der Waals surface area contributed by atoms with Gasteiger partial charge in [0.15, 0.2) is 5.60 Å². The van der Waals surface area contributed by atoms with Gasteiger partial charge in [0.1, 0.15) is 5.82 Å². The minimum atomic E-state index is -4.42. The van der Waals surface area contributed by atoms with Gasteiger partial charge < -0.3 is 4.90 Å². The lowest BCUT2D eigenvalue weighted by Crippen LogP contribution is -2.48. The topological polar surface area (TPSA) is 108 Å². The number of halogens is 1. The Morgan fingerprint density at radius 1 is 1.00 bits per heavy atom. The van der Waals surface area contributed by atoms with Crippen LogP contribution in [0.1, 0.15) is 22.6 Å². The van der Waals surface area contributed by atoms with Crippen molar-refractivity contribution >= 4 is 19.4 Å². The van der Waals surface area contributed by atoms with Crippen LogP contribution in [-0.4, -0.2) is 31.6 Å². The van der Waals surface area contributed by atoms with Crippen LogP contribution in [0, 0.1) is 15.9 Å². The summed E-state index contributed by atoms with van der Waals surface area (Å²) in [5, 5.41) is 11.9. The van der Waals surface area contributed by atoms with E-state index in [1.165, 1.54) is 18.2 Å². The molecule has 0 aliphatic carbocycles. The van der Waals surface area contributed by atoms with E-state index in [1.54, 1.807) is 60.7 Å². The smallest absolute Gasteiger partial charge is 0.302 e. The Bertz CT molecular complexity index is 1300. The van der Waals surface area contributed by atoms with Crippen LogP contribution in [0.2, 0.25) is 0 Å². The van der Waals surface area contributed by atoms with Gasteiger partial charge in [-0.15, -0.1) is 0 Å². The van der Waals surface area contributed by atoms with Gasteiger partial charge in [-0.2, -0.15) is 0 Å². The number of phosphoric ester groups is 1. The molecule has 4 rings (SSSR count). The first-order valence-corrected chi connectivity index (χ1v) is 12.5. The highest BCUT2D eigenvalue weighted by Crippen LogP contribution is 2.61. The first kappa shape index (κ1) is 25.7. The van der Waals surface area contributed by atoms with Crippen molar-refractivity contribution in [2.75, 3.05) is 25.7 Å². The highest BCUT2D eigenvalue weighted by atomic mass is 31.2. The number of hydrogen-bond acceptors (Lipinski definition) is 7. The number of carbonyl (C=O) groups excluding carboxylic acids is 1. The van der Waals surface area contributed by atoms with Crippen LogP contribution < -0.4 is 4.90 Å². The van der Waals surface area contributed by atoms with Gasteiger partial charge in [-0.05, 0) is 17.2 Å². The molecule has 3 aromatic rings. The molecule has 0 radical (unpaired) electrons. The summed E-state index contributed by atoms with van der Waals surface area (Å²) in [4.78, 5) is 26.8. The predicted molar refractivity (Wildman–Crippen MR) is 129 cm³/mol. The van der Waals surface area contributed by atoms with Gasteiger partial charge >= 0.3 is 7.82 Å². The summed E-state index contributed by atoms with van der Waals surface area (Å²) in [5.74, 6) is -2.86. The third-order valence-electron chi connectivity index (χ3n) is 6.13. The van der Waals surface area contributed by atoms with E-state index in [9.17, 15) is 19.5 Å². The molecule has 0 bridgehead atoms. The molecular formula is C25H24FN2O7P. The Hall–Kier alpha value is -3.43. The molecule has 1 amide bonds. The van der Waals surface area contributed by atoms with E-state index in [2.05, 4.69) is 0 Å². The fourth-order valence-corrected chi connectivity index (χ4v) is 5.50. The van der Waals surface area contributed by atoms with Crippen molar-refractivity contribution in [3.63, 3.8) is 0 Å². The zero-order valence-electron chi connectivity index (χ0n) is 19.6. The predicted octanol–water partition coefficient (Wildman–Crippen LogP) is 5.05. The maximum atomic E-state index is 15.4. The minimum Gasteiger partial charge on any atom is -0.302 e. The number of hydrogen-bond donors (Lipinski definition) is 0. The lowest BCUT2D eigenvalue weighted by Gasteiger charge is -2.36. The average molecular weight is 514 g/mol. The van der Waals surface area contributed by atoms with Crippen LogP contribution in [-0.2, 0) is 35.1 Å². The van der Waals surface area contributed by atoms with E-state index in [0.29, 0.717) is 11.1 Å². The Kier molecular flexibility index (Phi) is 7.33. The highest BCUT2D eigenvalue weighted by molar-refractivity contribution is 7.48. The Labute approximate surface area is 207 Å². The summed E-state index contributed by atoms with van der Waals surface area (Å²) in [6.07, 6.45) is 0. The number of nitro groups is 1. The molecule has 1 aliphatic rings. The Morgan fingerprint density at radius 2 is 1.61 bits per heavy atom. The maximum absolute atomic E-state index is 15.4. The van der Waals surface area contributed by atoms with Crippen molar-refractivity contribution in [1.82, 2.24) is 0 Å². The van der Waals surface area contributed by atoms with Crippen LogP contribution >= 0.6 is 7.82 Å². The molecule has 0 aromatic heterocycles. The van der Waals surface area contributed by atoms with E-state index in [-0.39, 0.29) is 17.8 Å². The lowest BCUT2D eigenvalue weighted by molar-refractivity contribution is -0.486. The van der Waals surface area contributed by atoms with Crippen LogP contribution in [0.25, 0.3) is 0 Å². The number of para-hydroxylation sites is 1. The van der Waals surface area contributed by atoms with E-state index >= 15 is 4.39 Å². The zero-order valence-corrected chi connectivity index (χ0v) is 20.5. The molecule has 11 heteroatoms. The standard InChI is InChI=1S/C25H24FN2O7P/c1-33-36(32,34-2)35-25(21(17-28(30)31)19-12-7-4-8-13-19)20-14-9-15-22(26)23(20)27(24(25)29)16-18-10-5-3-6-11-18/h3-15,21H,16-17H2,1-2H3/t21-,25-/m0/s1. The van der Waals surface area contributed by atoms with Crippen molar-refractivity contribution in [1.29, 1.82) is 0 Å². The van der Waals surface area contributed by atoms with Gasteiger partial charge in [-0.25, -0.2) is 8.96 Å². The van der Waals surface area contributed by atoms with Crippen molar-refractivity contribution in [2.45, 2.75) is 18.1 Å². The van der Waals surface area contributed by atoms with Crippen molar-refractivity contribution < 1.29 is 32.2 Å². The Morgan fingerprint density at radius 3 is 2.19 bits per heavy atom. The molecule has 0 saturated heterocycles. The normalized spacial score (nSPS) is 18.2. The summed E-state index contributed by atoms with van der Waals surface area (Å²) in [7, 11) is -2.29. The van der Waals surface area contributed by atoms with Crippen molar-refractivity contribution in [3.05, 3.63) is 111 Å². The Balaban J connectivity index is 2.01. The molecule has 1 heterocycles. The molecule has 0 spiro atoms. The molecule has 3 aromatic carbocycles. The van der Waals surface area contributed by atoms with Crippen LogP contribution in [0.3, 0.4) is 0 Å². The second-order valence-corrected chi connectivity index (χ2v) is 9.94. The lowest BCUT2D eigenvalue weighted by atomic mass is 9.78. The number of rotatable bonds is 10. The molecule has 0 saturated carbocycles. The number of fused-ring (bicyclic) bond motifs is 1. The first-order chi connectivity index (χ1) is 17.3. The molecule has 2 atom stereocenters. The van der Waals surface area contributed by atoms with Crippen LogP contribution in [0.4, 0.5) is 10.1 Å². The second kappa shape index (κ2) is 10.3. The second-order valence-electron chi connectivity index (χ2n) is 8.13. The van der Waals surface area contributed by atoms with E-state index in [1.807, 2.05) is 0 Å². The minimum absolute atomic E-state index is 0.00606. The summed E-state index contributed by atoms with van der Waals surface area (Å²) in [6.45, 7) is -0.832. The van der Waals surface area contributed by atoms with E-state index < -0.39 is 42.5 Å². The van der Waals surface area contributed by atoms with Crippen molar-refractivity contribution in [2.24, 2.45) is 0 Å². The van der Waals surface area contributed by atoms with Gasteiger partial charge in [0.2, 0.25) is 6.54 Å². The number of carbonyl (C=O) groups is 1. The average Bonchev–Trinajstić information content (AvgIpc) is 3.12. The highest BCUT2D eigenvalue weighted by Gasteiger charge is 2.63. The van der Waals surface area contributed by atoms with Gasteiger partial charge in [0, 0.05) is 24.7 Å². The molecule has 0 fully saturated rings. The van der Waals surface area contributed by atoms with Gasteiger partial charge in [-0.1, -0.05) is 72.8 Å². The van der Waals surface area contributed by atoms with E-state index in [0.717, 1.165) is 19.1 Å². The number of amides is 1.